The molecule has 8 bridgehead atoms. The highest BCUT2D eigenvalue weighted by Crippen LogP contribution is 2.87. The first-order chi connectivity index (χ1) is 7.28. The molecule has 0 aromatic heterocycles. The van der Waals surface area contributed by atoms with E-state index >= 15 is 0 Å². The Bertz CT molecular complexity index is 362. The van der Waals surface area contributed by atoms with Crippen molar-refractivity contribution in [2.45, 2.75) is 25.7 Å². The normalized spacial score (nSPS) is 71.1. The third-order valence-corrected chi connectivity index (χ3v) is 7.06. The zero-order valence-corrected chi connectivity index (χ0v) is 8.73. The van der Waals surface area contributed by atoms with Crippen molar-refractivity contribution < 1.29 is 9.90 Å². The topological polar surface area (TPSA) is 37.3 Å². The molecule has 0 saturated heterocycles. The van der Waals surface area contributed by atoms with Crippen molar-refractivity contribution in [1.29, 1.82) is 0 Å². The van der Waals surface area contributed by atoms with Crippen molar-refractivity contribution in [2.75, 3.05) is 0 Å². The van der Waals surface area contributed by atoms with Gasteiger partial charge in [0.2, 0.25) is 0 Å². The molecule has 2 nitrogen and oxygen atoms in total. The molecular weight excluding hydrogens is 188 g/mol. The molecule has 0 radical (unpaired) electrons. The molecule has 6 aliphatic rings. The second-order valence-electron chi connectivity index (χ2n) is 6.61. The van der Waals surface area contributed by atoms with Gasteiger partial charge in [-0.1, -0.05) is 0 Å². The monoisotopic (exact) mass is 204 g/mol. The van der Waals surface area contributed by atoms with Gasteiger partial charge in [0.25, 0.3) is 0 Å². The van der Waals surface area contributed by atoms with Gasteiger partial charge in [-0.25, -0.2) is 0 Å². The van der Waals surface area contributed by atoms with Crippen molar-refractivity contribution >= 4 is 5.97 Å². The Morgan fingerprint density at radius 2 is 1.53 bits per heavy atom. The van der Waals surface area contributed by atoms with E-state index in [9.17, 15) is 9.90 Å². The van der Waals surface area contributed by atoms with E-state index in [2.05, 4.69) is 0 Å². The lowest BCUT2D eigenvalue weighted by Gasteiger charge is -2.43. The molecule has 6 rings (SSSR count). The van der Waals surface area contributed by atoms with Gasteiger partial charge in [0.15, 0.2) is 0 Å². The molecule has 6 fully saturated rings. The summed E-state index contributed by atoms with van der Waals surface area (Å²) in [6.45, 7) is 0. The Morgan fingerprint density at radius 3 is 1.93 bits per heavy atom. The van der Waals surface area contributed by atoms with Gasteiger partial charge in [-0.3, -0.25) is 4.79 Å². The Balaban J connectivity index is 1.82. The largest absolute Gasteiger partial charge is 0.481 e. The molecule has 1 N–H and O–H groups in total. The van der Waals surface area contributed by atoms with E-state index in [0.29, 0.717) is 17.8 Å². The third-order valence-electron chi connectivity index (χ3n) is 7.06. The summed E-state index contributed by atoms with van der Waals surface area (Å²) < 4.78 is 0. The average Bonchev–Trinajstić information content (AvgIpc) is 2.97. The van der Waals surface area contributed by atoms with Crippen LogP contribution >= 0.6 is 0 Å². The zero-order valence-electron chi connectivity index (χ0n) is 8.73. The highest BCUT2D eigenvalue weighted by atomic mass is 16.4. The Kier molecular flexibility index (Phi) is 0.959. The molecule has 0 heterocycles. The van der Waals surface area contributed by atoms with Crippen molar-refractivity contribution in [3.05, 3.63) is 0 Å². The van der Waals surface area contributed by atoms with Crippen LogP contribution < -0.4 is 0 Å². The van der Waals surface area contributed by atoms with Crippen LogP contribution in [0.4, 0.5) is 0 Å². The lowest BCUT2D eigenvalue weighted by molar-refractivity contribution is -0.160. The van der Waals surface area contributed by atoms with Gasteiger partial charge in [-0.15, -0.1) is 0 Å². The predicted molar refractivity (Wildman–Crippen MR) is 53.0 cm³/mol. The summed E-state index contributed by atoms with van der Waals surface area (Å²) in [7, 11) is 0. The van der Waals surface area contributed by atoms with E-state index in [0.717, 1.165) is 23.7 Å². The van der Waals surface area contributed by atoms with Crippen LogP contribution in [-0.4, -0.2) is 11.1 Å². The first kappa shape index (κ1) is 7.70. The summed E-state index contributed by atoms with van der Waals surface area (Å²) >= 11 is 0. The van der Waals surface area contributed by atoms with Crippen molar-refractivity contribution in [3.8, 4) is 0 Å². The van der Waals surface area contributed by atoms with Crippen LogP contribution in [0.15, 0.2) is 0 Å². The highest BCUT2D eigenvalue weighted by Gasteiger charge is 2.86. The fourth-order valence-corrected chi connectivity index (χ4v) is 7.43. The number of carboxylic acids is 1. The first-order valence-electron chi connectivity index (χ1n) is 6.51. The Morgan fingerprint density at radius 1 is 1.00 bits per heavy atom. The number of rotatable bonds is 1. The van der Waals surface area contributed by atoms with Crippen molar-refractivity contribution in [1.82, 2.24) is 0 Å². The van der Waals surface area contributed by atoms with Crippen LogP contribution in [0.5, 0.6) is 0 Å². The minimum Gasteiger partial charge on any atom is -0.481 e. The quantitative estimate of drug-likeness (QED) is 0.709. The molecule has 0 spiro atoms. The Hall–Kier alpha value is -0.530. The summed E-state index contributed by atoms with van der Waals surface area (Å²) in [5.74, 6) is 4.75. The molecule has 15 heavy (non-hydrogen) atoms. The molecule has 80 valence electrons. The molecule has 0 aliphatic heterocycles. The minimum atomic E-state index is -0.417. The summed E-state index contributed by atoms with van der Waals surface area (Å²) in [5.41, 5.74) is -0.207. The van der Waals surface area contributed by atoms with Crippen LogP contribution in [-0.2, 0) is 4.79 Å². The molecule has 0 aromatic carbocycles. The van der Waals surface area contributed by atoms with Gasteiger partial charge >= 0.3 is 5.97 Å². The zero-order chi connectivity index (χ0) is 9.95. The average molecular weight is 204 g/mol. The number of aliphatic carboxylic acids is 1. The lowest BCUT2D eigenvalue weighted by Crippen LogP contribution is -2.47. The smallest absolute Gasteiger partial charge is 0.310 e. The van der Waals surface area contributed by atoms with E-state index in [1.165, 1.54) is 25.7 Å². The molecular formula is C13H16O2. The van der Waals surface area contributed by atoms with Gasteiger partial charge in [0.05, 0.1) is 5.41 Å². The van der Waals surface area contributed by atoms with E-state index < -0.39 is 5.97 Å². The second-order valence-corrected chi connectivity index (χ2v) is 6.61. The van der Waals surface area contributed by atoms with E-state index in [1.54, 1.807) is 0 Å². The van der Waals surface area contributed by atoms with Crippen LogP contribution in [0.2, 0.25) is 0 Å². The number of hydrogen-bond acceptors (Lipinski definition) is 1. The highest BCUT2D eigenvalue weighted by molar-refractivity contribution is 5.79. The van der Waals surface area contributed by atoms with Gasteiger partial charge in [-0.2, -0.15) is 0 Å². The Labute approximate surface area is 89.0 Å². The molecule has 6 unspecified atom stereocenters. The summed E-state index contributed by atoms with van der Waals surface area (Å²) in [4.78, 5) is 11.8. The van der Waals surface area contributed by atoms with E-state index in [1.807, 2.05) is 0 Å². The number of carbonyl (C=O) groups is 1. The molecule has 0 amide bonds. The number of carboxylic acid groups (broad SMARTS) is 1. The summed E-state index contributed by atoms with van der Waals surface area (Å²) in [6, 6.07) is 0. The molecule has 6 saturated carbocycles. The van der Waals surface area contributed by atoms with E-state index in [-0.39, 0.29) is 5.41 Å². The fraction of sp³-hybridized carbons (Fsp3) is 0.923. The predicted octanol–water partition coefficient (Wildman–Crippen LogP) is 2.00. The molecule has 6 aliphatic carbocycles. The van der Waals surface area contributed by atoms with E-state index in [4.69, 9.17) is 0 Å². The summed E-state index contributed by atoms with van der Waals surface area (Å²) in [5, 5.41) is 9.73. The van der Waals surface area contributed by atoms with Gasteiger partial charge in [-0.05, 0) is 67.1 Å². The van der Waals surface area contributed by atoms with Crippen LogP contribution in [0.1, 0.15) is 25.7 Å². The standard InChI is InChI=1S/C13H16O2/c14-12(15)13-7-3-1-5-9(7)10-6(11(5)13)2-4-8(10)13/h5-11H,1-4H2,(H,14,15). The SMILES string of the molecule is O=C(O)C12C3CCC4C3C3C(CCC31)C42. The van der Waals surface area contributed by atoms with Gasteiger partial charge in [0, 0.05) is 0 Å². The maximum atomic E-state index is 11.8. The van der Waals surface area contributed by atoms with Gasteiger partial charge < -0.3 is 5.11 Å². The fourth-order valence-electron chi connectivity index (χ4n) is 7.43. The maximum absolute atomic E-state index is 11.8. The number of hydrogen-bond donors (Lipinski definition) is 1. The van der Waals surface area contributed by atoms with Crippen LogP contribution in [0, 0.1) is 46.8 Å². The van der Waals surface area contributed by atoms with Crippen molar-refractivity contribution in [2.24, 2.45) is 46.8 Å². The third kappa shape index (κ3) is 0.469. The molecule has 0 aromatic rings. The van der Waals surface area contributed by atoms with Crippen LogP contribution in [0.25, 0.3) is 0 Å². The summed E-state index contributed by atoms with van der Waals surface area (Å²) in [6.07, 6.45) is 5.18. The minimum absolute atomic E-state index is 0.207. The molecule has 2 heteroatoms. The van der Waals surface area contributed by atoms with Gasteiger partial charge in [0.1, 0.15) is 0 Å². The maximum Gasteiger partial charge on any atom is 0.310 e. The van der Waals surface area contributed by atoms with Crippen molar-refractivity contribution in [3.63, 3.8) is 0 Å². The molecule has 6 atom stereocenters. The lowest BCUT2D eigenvalue weighted by atomic mass is 9.59. The first-order valence-corrected chi connectivity index (χ1v) is 6.51. The second kappa shape index (κ2) is 1.87. The van der Waals surface area contributed by atoms with Crippen LogP contribution in [0.3, 0.4) is 0 Å².